The maximum atomic E-state index is 13.1. The van der Waals surface area contributed by atoms with Crippen LogP contribution in [0.25, 0.3) is 0 Å². The van der Waals surface area contributed by atoms with Gasteiger partial charge in [-0.2, -0.15) is 0 Å². The van der Waals surface area contributed by atoms with Crippen LogP contribution in [0.15, 0.2) is 42.5 Å². The highest BCUT2D eigenvalue weighted by molar-refractivity contribution is 6.30. The summed E-state index contributed by atoms with van der Waals surface area (Å²) in [7, 11) is 0. The molecule has 0 aliphatic rings. The smallest absolute Gasteiger partial charge is 0.261 e. The van der Waals surface area contributed by atoms with Crippen LogP contribution in [0.2, 0.25) is 5.02 Å². The Kier molecular flexibility index (Phi) is 8.72. The Balaban J connectivity index is 2.21. The molecule has 2 aromatic rings. The molecule has 0 saturated heterocycles. The van der Waals surface area contributed by atoms with E-state index in [0.29, 0.717) is 23.7 Å². The second-order valence-corrected chi connectivity index (χ2v) is 8.21. The summed E-state index contributed by atoms with van der Waals surface area (Å²) in [6, 6.07) is 12.4. The Morgan fingerprint density at radius 1 is 1.07 bits per heavy atom. The largest absolute Gasteiger partial charge is 0.484 e. The van der Waals surface area contributed by atoms with Gasteiger partial charge in [-0.3, -0.25) is 9.59 Å². The van der Waals surface area contributed by atoms with E-state index < -0.39 is 6.04 Å². The van der Waals surface area contributed by atoms with Crippen molar-refractivity contribution in [2.75, 3.05) is 6.61 Å². The van der Waals surface area contributed by atoms with Gasteiger partial charge in [0.2, 0.25) is 5.91 Å². The lowest BCUT2D eigenvalue weighted by atomic mass is 10.1. The molecule has 0 unspecified atom stereocenters. The first-order chi connectivity index (χ1) is 14.2. The average Bonchev–Trinajstić information content (AvgIpc) is 2.69. The number of hydrogen-bond acceptors (Lipinski definition) is 3. The van der Waals surface area contributed by atoms with Gasteiger partial charge in [0.1, 0.15) is 11.8 Å². The minimum atomic E-state index is -0.584. The van der Waals surface area contributed by atoms with Crippen LogP contribution in [0.4, 0.5) is 0 Å². The van der Waals surface area contributed by atoms with Crippen LogP contribution in [0, 0.1) is 13.8 Å². The first kappa shape index (κ1) is 23.7. The number of amides is 2. The van der Waals surface area contributed by atoms with Gasteiger partial charge in [0.15, 0.2) is 6.61 Å². The summed E-state index contributed by atoms with van der Waals surface area (Å²) >= 11 is 5.99. The van der Waals surface area contributed by atoms with E-state index in [1.807, 2.05) is 65.0 Å². The van der Waals surface area contributed by atoms with Crippen molar-refractivity contribution in [2.24, 2.45) is 0 Å². The fourth-order valence-corrected chi connectivity index (χ4v) is 3.24. The second kappa shape index (κ2) is 11.0. The molecule has 0 heterocycles. The number of nitrogens with one attached hydrogen (secondary N) is 1. The number of hydrogen-bond donors (Lipinski definition) is 1. The van der Waals surface area contributed by atoms with Crippen molar-refractivity contribution in [1.82, 2.24) is 10.2 Å². The summed E-state index contributed by atoms with van der Waals surface area (Å²) in [6.07, 6.45) is 0.502. The molecule has 1 N–H and O–H groups in total. The number of aryl methyl sites for hydroxylation is 2. The Morgan fingerprint density at radius 2 is 1.73 bits per heavy atom. The molecule has 2 aromatic carbocycles. The molecule has 2 amide bonds. The molecule has 30 heavy (non-hydrogen) atoms. The predicted molar refractivity (Wildman–Crippen MR) is 121 cm³/mol. The van der Waals surface area contributed by atoms with Gasteiger partial charge in [-0.15, -0.1) is 0 Å². The molecule has 0 aromatic heterocycles. The van der Waals surface area contributed by atoms with Crippen LogP contribution in [0.5, 0.6) is 5.75 Å². The SMILES string of the molecule is CC[C@@H](C(=O)NC(C)C)N(Cc1ccc(Cl)cc1)C(=O)COc1ccc(C)c(C)c1. The molecular weight excluding hydrogens is 400 g/mol. The van der Waals surface area contributed by atoms with Crippen LogP contribution in [-0.2, 0) is 16.1 Å². The zero-order chi connectivity index (χ0) is 22.3. The molecule has 2 rings (SSSR count). The molecule has 1 atom stereocenters. The van der Waals surface area contributed by atoms with Crippen LogP contribution in [-0.4, -0.2) is 35.4 Å². The summed E-state index contributed by atoms with van der Waals surface area (Å²) in [5.74, 6) is 0.229. The third-order valence-electron chi connectivity index (χ3n) is 4.92. The van der Waals surface area contributed by atoms with Gasteiger partial charge >= 0.3 is 0 Å². The van der Waals surface area contributed by atoms with Crippen LogP contribution >= 0.6 is 11.6 Å². The summed E-state index contributed by atoms with van der Waals surface area (Å²) in [5, 5.41) is 3.54. The fourth-order valence-electron chi connectivity index (χ4n) is 3.12. The van der Waals surface area contributed by atoms with Gasteiger partial charge in [-0.25, -0.2) is 0 Å². The third kappa shape index (κ3) is 6.77. The summed E-state index contributed by atoms with van der Waals surface area (Å²) in [5.41, 5.74) is 3.16. The Morgan fingerprint density at radius 3 is 2.30 bits per heavy atom. The lowest BCUT2D eigenvalue weighted by Crippen LogP contribution is -2.51. The summed E-state index contributed by atoms with van der Waals surface area (Å²) in [4.78, 5) is 27.5. The predicted octanol–water partition coefficient (Wildman–Crippen LogP) is 4.67. The van der Waals surface area contributed by atoms with Gasteiger partial charge in [-0.05, 0) is 75.1 Å². The number of carbonyl (C=O) groups excluding carboxylic acids is 2. The van der Waals surface area contributed by atoms with Gasteiger partial charge in [0.25, 0.3) is 5.91 Å². The van der Waals surface area contributed by atoms with Crippen molar-refractivity contribution in [3.05, 3.63) is 64.2 Å². The zero-order valence-corrected chi connectivity index (χ0v) is 19.1. The van der Waals surface area contributed by atoms with Crippen molar-refractivity contribution < 1.29 is 14.3 Å². The van der Waals surface area contributed by atoms with Crippen molar-refractivity contribution in [1.29, 1.82) is 0 Å². The second-order valence-electron chi connectivity index (χ2n) is 7.77. The van der Waals surface area contributed by atoms with E-state index in [0.717, 1.165) is 16.7 Å². The molecule has 0 saturated carbocycles. The maximum absolute atomic E-state index is 13.1. The third-order valence-corrected chi connectivity index (χ3v) is 5.18. The highest BCUT2D eigenvalue weighted by Gasteiger charge is 2.29. The number of halogens is 1. The number of rotatable bonds is 9. The van der Waals surface area contributed by atoms with Crippen LogP contribution in [0.3, 0.4) is 0 Å². The first-order valence-corrected chi connectivity index (χ1v) is 10.6. The van der Waals surface area contributed by atoms with Crippen molar-refractivity contribution >= 4 is 23.4 Å². The van der Waals surface area contributed by atoms with E-state index in [4.69, 9.17) is 16.3 Å². The molecule has 0 aliphatic carbocycles. The molecule has 0 aliphatic heterocycles. The average molecular weight is 431 g/mol. The van der Waals surface area contributed by atoms with E-state index in [1.165, 1.54) is 0 Å². The molecule has 0 spiro atoms. The zero-order valence-electron chi connectivity index (χ0n) is 18.4. The normalized spacial score (nSPS) is 11.8. The highest BCUT2D eigenvalue weighted by atomic mass is 35.5. The van der Waals surface area contributed by atoms with E-state index in [9.17, 15) is 9.59 Å². The highest BCUT2D eigenvalue weighted by Crippen LogP contribution is 2.18. The van der Waals surface area contributed by atoms with Crippen molar-refractivity contribution in [2.45, 2.75) is 59.7 Å². The van der Waals surface area contributed by atoms with Crippen LogP contribution in [0.1, 0.15) is 43.9 Å². The van der Waals surface area contributed by atoms with E-state index in [-0.39, 0.29) is 24.5 Å². The minimum Gasteiger partial charge on any atom is -0.484 e. The summed E-state index contributed by atoms with van der Waals surface area (Å²) < 4.78 is 5.75. The minimum absolute atomic E-state index is 0.00850. The monoisotopic (exact) mass is 430 g/mol. The van der Waals surface area contributed by atoms with E-state index in [1.54, 1.807) is 17.0 Å². The quantitative estimate of drug-likeness (QED) is 0.629. The number of ether oxygens (including phenoxy) is 1. The maximum Gasteiger partial charge on any atom is 0.261 e. The Bertz CT molecular complexity index is 865. The number of carbonyl (C=O) groups is 2. The topological polar surface area (TPSA) is 58.6 Å². The van der Waals surface area contributed by atoms with Gasteiger partial charge < -0.3 is 15.0 Å². The van der Waals surface area contributed by atoms with E-state index >= 15 is 0 Å². The van der Waals surface area contributed by atoms with Crippen molar-refractivity contribution in [3.63, 3.8) is 0 Å². The lowest BCUT2D eigenvalue weighted by molar-refractivity contribution is -0.143. The Hall–Kier alpha value is -2.53. The number of nitrogens with zero attached hydrogens (tertiary/aromatic N) is 1. The Labute approximate surface area is 184 Å². The van der Waals surface area contributed by atoms with Crippen molar-refractivity contribution in [3.8, 4) is 5.75 Å². The lowest BCUT2D eigenvalue weighted by Gasteiger charge is -2.31. The molecule has 0 bridgehead atoms. The molecule has 0 fully saturated rings. The molecule has 5 nitrogen and oxygen atoms in total. The molecule has 0 radical (unpaired) electrons. The number of benzene rings is 2. The fraction of sp³-hybridized carbons (Fsp3) is 0.417. The molecular formula is C24H31ClN2O3. The first-order valence-electron chi connectivity index (χ1n) is 10.3. The van der Waals surface area contributed by atoms with E-state index in [2.05, 4.69) is 5.32 Å². The standard InChI is InChI=1S/C24H31ClN2O3/c1-6-22(24(29)26-16(2)3)27(14-19-8-10-20(25)11-9-19)23(28)15-30-21-12-7-17(4)18(5)13-21/h7-13,16,22H,6,14-15H2,1-5H3,(H,26,29)/t22-/m0/s1. The van der Waals surface area contributed by atoms with Gasteiger partial charge in [0, 0.05) is 17.6 Å². The van der Waals surface area contributed by atoms with Gasteiger partial charge in [-0.1, -0.05) is 36.7 Å². The molecule has 162 valence electrons. The molecule has 6 heteroatoms. The van der Waals surface area contributed by atoms with Crippen LogP contribution < -0.4 is 10.1 Å². The van der Waals surface area contributed by atoms with Gasteiger partial charge in [0.05, 0.1) is 0 Å². The summed E-state index contributed by atoms with van der Waals surface area (Å²) in [6.45, 7) is 9.89.